The van der Waals surface area contributed by atoms with E-state index in [0.717, 1.165) is 17.1 Å². The zero-order valence-electron chi connectivity index (χ0n) is 10.0. The Labute approximate surface area is 109 Å². The molecule has 18 heavy (non-hydrogen) atoms. The molecule has 1 aliphatic rings. The van der Waals surface area contributed by atoms with Crippen LogP contribution in [-0.4, -0.2) is 26.3 Å². The predicted molar refractivity (Wildman–Crippen MR) is 69.6 cm³/mol. The second kappa shape index (κ2) is 4.57. The topological polar surface area (TPSA) is 47.8 Å². The van der Waals surface area contributed by atoms with Crippen molar-refractivity contribution in [2.75, 3.05) is 5.75 Å². The molecule has 1 unspecified atom stereocenters. The van der Waals surface area contributed by atoms with Gasteiger partial charge in [-0.2, -0.15) is 5.10 Å². The summed E-state index contributed by atoms with van der Waals surface area (Å²) in [4.78, 5) is 17.7. The average Bonchev–Trinajstić information content (AvgIpc) is 2.96. The maximum atomic E-state index is 12.3. The van der Waals surface area contributed by atoms with E-state index in [-0.39, 0.29) is 11.7 Å². The van der Waals surface area contributed by atoms with Crippen LogP contribution in [0.3, 0.4) is 0 Å². The first-order valence-electron chi connectivity index (χ1n) is 5.83. The maximum absolute atomic E-state index is 12.3. The van der Waals surface area contributed by atoms with Crippen LogP contribution in [0.15, 0.2) is 35.5 Å². The zero-order chi connectivity index (χ0) is 12.5. The van der Waals surface area contributed by atoms with E-state index in [1.165, 1.54) is 11.2 Å². The molecule has 1 aliphatic heterocycles. The van der Waals surface area contributed by atoms with Crippen LogP contribution in [0.5, 0.6) is 0 Å². The fourth-order valence-corrected chi connectivity index (χ4v) is 3.45. The molecule has 0 N–H and O–H groups in total. The molecule has 0 spiro atoms. The predicted octanol–water partition coefficient (Wildman–Crippen LogP) is 1.82. The van der Waals surface area contributed by atoms with Crippen LogP contribution in [0.4, 0.5) is 0 Å². The number of hydrogen-bond acceptors (Lipinski definition) is 4. The van der Waals surface area contributed by atoms with E-state index in [0.29, 0.717) is 6.42 Å². The largest absolute Gasteiger partial charge is 0.298 e. The van der Waals surface area contributed by atoms with E-state index < -0.39 is 0 Å². The number of fused-ring (bicyclic) bond motifs is 1. The minimum atomic E-state index is 0.00269. The number of aromatic nitrogens is 3. The van der Waals surface area contributed by atoms with Crippen LogP contribution in [-0.2, 0) is 18.3 Å². The van der Waals surface area contributed by atoms with Gasteiger partial charge >= 0.3 is 0 Å². The lowest BCUT2D eigenvalue weighted by atomic mass is 9.95. The van der Waals surface area contributed by atoms with Crippen LogP contribution < -0.4 is 0 Å². The second-order valence-electron chi connectivity index (χ2n) is 4.34. The third-order valence-corrected chi connectivity index (χ3v) is 4.41. The molecule has 0 fully saturated rings. The van der Waals surface area contributed by atoms with E-state index in [2.05, 4.69) is 22.2 Å². The Morgan fingerprint density at radius 3 is 3.11 bits per heavy atom. The first-order valence-corrected chi connectivity index (χ1v) is 6.81. The summed E-state index contributed by atoms with van der Waals surface area (Å²) in [6.45, 7) is 0. The molecule has 1 aromatic heterocycles. The quantitative estimate of drug-likeness (QED) is 0.843. The van der Waals surface area contributed by atoms with Gasteiger partial charge in [-0.25, -0.2) is 4.98 Å². The Bertz CT molecular complexity index is 593. The summed E-state index contributed by atoms with van der Waals surface area (Å²) in [6.07, 6.45) is 1.84. The van der Waals surface area contributed by atoms with Crippen molar-refractivity contribution in [3.8, 4) is 0 Å². The highest BCUT2D eigenvalue weighted by atomic mass is 32.2. The van der Waals surface area contributed by atoms with E-state index in [4.69, 9.17) is 0 Å². The minimum absolute atomic E-state index is 0.00269. The Hall–Kier alpha value is -1.62. The highest BCUT2D eigenvalue weighted by molar-refractivity contribution is 7.99. The van der Waals surface area contributed by atoms with Crippen molar-refractivity contribution < 1.29 is 4.79 Å². The monoisotopic (exact) mass is 259 g/mol. The van der Waals surface area contributed by atoms with Gasteiger partial charge in [0.1, 0.15) is 17.9 Å². The van der Waals surface area contributed by atoms with Crippen LogP contribution in [0.2, 0.25) is 0 Å². The highest BCUT2D eigenvalue weighted by Gasteiger charge is 2.29. The van der Waals surface area contributed by atoms with E-state index in [1.807, 2.05) is 19.2 Å². The van der Waals surface area contributed by atoms with Gasteiger partial charge in [0.05, 0.1) is 12.3 Å². The number of benzene rings is 1. The number of thioether (sulfide) groups is 1. The molecule has 0 aliphatic carbocycles. The van der Waals surface area contributed by atoms with E-state index in [9.17, 15) is 4.79 Å². The van der Waals surface area contributed by atoms with Crippen molar-refractivity contribution in [3.63, 3.8) is 0 Å². The molecule has 0 radical (unpaired) electrons. The van der Waals surface area contributed by atoms with Crippen LogP contribution >= 0.6 is 11.8 Å². The molecule has 4 nitrogen and oxygen atoms in total. The van der Waals surface area contributed by atoms with Gasteiger partial charge in [0, 0.05) is 17.7 Å². The highest BCUT2D eigenvalue weighted by Crippen LogP contribution is 2.39. The van der Waals surface area contributed by atoms with Crippen molar-refractivity contribution in [1.82, 2.24) is 14.8 Å². The lowest BCUT2D eigenvalue weighted by Crippen LogP contribution is -2.17. The van der Waals surface area contributed by atoms with Gasteiger partial charge in [-0.3, -0.25) is 9.48 Å². The van der Waals surface area contributed by atoms with Gasteiger partial charge in [0.25, 0.3) is 0 Å². The molecular weight excluding hydrogens is 246 g/mol. The summed E-state index contributed by atoms with van der Waals surface area (Å²) < 4.78 is 1.66. The zero-order valence-corrected chi connectivity index (χ0v) is 10.9. The Morgan fingerprint density at radius 2 is 2.33 bits per heavy atom. The summed E-state index contributed by atoms with van der Waals surface area (Å²) >= 11 is 1.76. The second-order valence-corrected chi connectivity index (χ2v) is 5.41. The third kappa shape index (κ3) is 1.95. The number of Topliss-reactive ketones (excluding diaryl/α,β-unsaturated/α-hetero) is 1. The number of rotatable bonds is 3. The molecule has 3 rings (SSSR count). The van der Waals surface area contributed by atoms with Gasteiger partial charge in [0.15, 0.2) is 0 Å². The summed E-state index contributed by atoms with van der Waals surface area (Å²) in [5.74, 6) is 1.80. The summed E-state index contributed by atoms with van der Waals surface area (Å²) in [7, 11) is 1.81. The third-order valence-electron chi connectivity index (χ3n) is 3.23. The Kier molecular flexibility index (Phi) is 2.91. The Morgan fingerprint density at radius 1 is 1.50 bits per heavy atom. The SMILES string of the molecule is Cn1ncnc1CC(=O)C1CSc2ccccc21. The van der Waals surface area contributed by atoms with E-state index >= 15 is 0 Å². The standard InChI is InChI=1S/C13H13N3OS/c1-16-13(14-8-15-16)6-11(17)10-7-18-12-5-3-2-4-9(10)12/h2-5,8,10H,6-7H2,1H3. The fraction of sp³-hybridized carbons (Fsp3) is 0.308. The number of nitrogens with zero attached hydrogens (tertiary/aromatic N) is 3. The van der Waals surface area contributed by atoms with Crippen LogP contribution in [0, 0.1) is 0 Å². The molecule has 92 valence electrons. The molecule has 2 heterocycles. The summed E-state index contributed by atoms with van der Waals surface area (Å²) in [5.41, 5.74) is 1.16. The average molecular weight is 259 g/mol. The maximum Gasteiger partial charge on any atom is 0.148 e. The number of carbonyl (C=O) groups excluding carboxylic acids is 1. The molecule has 0 amide bonds. The van der Waals surface area contributed by atoms with Crippen LogP contribution in [0.1, 0.15) is 17.3 Å². The normalized spacial score (nSPS) is 17.7. The lowest BCUT2D eigenvalue weighted by Gasteiger charge is -2.08. The first kappa shape index (κ1) is 11.5. The van der Waals surface area contributed by atoms with Crippen molar-refractivity contribution >= 4 is 17.5 Å². The van der Waals surface area contributed by atoms with Crippen molar-refractivity contribution in [1.29, 1.82) is 0 Å². The number of carbonyl (C=O) groups is 1. The fourth-order valence-electron chi connectivity index (χ4n) is 2.19. The molecular formula is C13H13N3OS. The number of hydrogen-bond donors (Lipinski definition) is 0. The molecule has 1 atom stereocenters. The summed E-state index contributed by atoms with van der Waals surface area (Å²) in [5, 5.41) is 3.99. The van der Waals surface area contributed by atoms with Crippen molar-refractivity contribution in [2.45, 2.75) is 17.2 Å². The minimum Gasteiger partial charge on any atom is -0.298 e. The molecule has 2 aromatic rings. The molecule has 0 bridgehead atoms. The lowest BCUT2D eigenvalue weighted by molar-refractivity contribution is -0.119. The van der Waals surface area contributed by atoms with Crippen molar-refractivity contribution in [3.05, 3.63) is 42.0 Å². The van der Waals surface area contributed by atoms with Crippen LogP contribution in [0.25, 0.3) is 0 Å². The van der Waals surface area contributed by atoms with Gasteiger partial charge in [-0.15, -0.1) is 11.8 Å². The van der Waals surface area contributed by atoms with Gasteiger partial charge in [-0.1, -0.05) is 18.2 Å². The van der Waals surface area contributed by atoms with Gasteiger partial charge in [-0.05, 0) is 11.6 Å². The first-order chi connectivity index (χ1) is 8.75. The molecule has 0 saturated carbocycles. The number of aryl methyl sites for hydroxylation is 1. The van der Waals surface area contributed by atoms with E-state index in [1.54, 1.807) is 16.4 Å². The smallest absolute Gasteiger partial charge is 0.148 e. The summed E-state index contributed by atoms with van der Waals surface area (Å²) in [6, 6.07) is 8.14. The van der Waals surface area contributed by atoms with Crippen molar-refractivity contribution in [2.24, 2.45) is 7.05 Å². The molecule has 5 heteroatoms. The molecule has 0 saturated heterocycles. The number of ketones is 1. The van der Waals surface area contributed by atoms with Gasteiger partial charge < -0.3 is 0 Å². The van der Waals surface area contributed by atoms with Gasteiger partial charge in [0.2, 0.25) is 0 Å². The Balaban J connectivity index is 1.81. The molecule has 1 aromatic carbocycles.